The molecule has 0 unspecified atom stereocenters. The molecule has 0 atom stereocenters. The zero-order chi connectivity index (χ0) is 14.8. The fourth-order valence-corrected chi connectivity index (χ4v) is 2.23. The molecular formula is C14H19F3N2. The first-order valence-corrected chi connectivity index (χ1v) is 6.36. The van der Waals surface area contributed by atoms with Crippen LogP contribution >= 0.6 is 0 Å². The number of aryl methyl sites for hydroxylation is 1. The van der Waals surface area contributed by atoms with Crippen molar-refractivity contribution >= 4 is 10.9 Å². The van der Waals surface area contributed by atoms with E-state index in [0.717, 1.165) is 0 Å². The molecule has 19 heavy (non-hydrogen) atoms. The topological polar surface area (TPSA) is 28.7 Å². The number of aromatic amines is 1. The summed E-state index contributed by atoms with van der Waals surface area (Å²) in [5.74, 6) is -0.202. The van der Waals surface area contributed by atoms with Crippen molar-refractivity contribution in [1.29, 1.82) is 0 Å². The highest BCUT2D eigenvalue weighted by Crippen LogP contribution is 2.40. The summed E-state index contributed by atoms with van der Waals surface area (Å²) >= 11 is 0. The summed E-state index contributed by atoms with van der Waals surface area (Å²) in [7, 11) is 0. The lowest BCUT2D eigenvalue weighted by Crippen LogP contribution is -2.13. The molecule has 0 bridgehead atoms. The van der Waals surface area contributed by atoms with Crippen LogP contribution in [-0.4, -0.2) is 10.2 Å². The number of benzene rings is 1. The van der Waals surface area contributed by atoms with Gasteiger partial charge in [-0.2, -0.15) is 18.3 Å². The van der Waals surface area contributed by atoms with Crippen LogP contribution < -0.4 is 0 Å². The van der Waals surface area contributed by atoms with Crippen molar-refractivity contribution in [3.63, 3.8) is 0 Å². The maximum absolute atomic E-state index is 13.1. The Labute approximate surface area is 111 Å². The van der Waals surface area contributed by atoms with E-state index in [2.05, 4.69) is 10.2 Å². The van der Waals surface area contributed by atoms with Crippen LogP contribution in [0.1, 0.15) is 50.3 Å². The van der Waals surface area contributed by atoms with Crippen molar-refractivity contribution in [2.24, 2.45) is 0 Å². The Balaban J connectivity index is 0.000000861. The summed E-state index contributed by atoms with van der Waals surface area (Å²) in [6, 6.07) is 1.50. The second-order valence-electron chi connectivity index (χ2n) is 4.47. The Morgan fingerprint density at radius 2 is 1.79 bits per heavy atom. The van der Waals surface area contributed by atoms with Crippen LogP contribution in [0.2, 0.25) is 0 Å². The number of nitrogens with one attached hydrogen (secondary N) is 1. The number of hydrogen-bond donors (Lipinski definition) is 1. The molecule has 0 aliphatic carbocycles. The highest BCUT2D eigenvalue weighted by molar-refractivity contribution is 5.84. The highest BCUT2D eigenvalue weighted by atomic mass is 19.4. The minimum absolute atomic E-state index is 0.202. The van der Waals surface area contributed by atoms with Gasteiger partial charge in [0, 0.05) is 5.39 Å². The molecule has 5 heteroatoms. The Morgan fingerprint density at radius 1 is 1.21 bits per heavy atom. The van der Waals surface area contributed by atoms with Gasteiger partial charge in [-0.25, -0.2) is 0 Å². The lowest BCUT2D eigenvalue weighted by atomic mass is 9.90. The Morgan fingerprint density at radius 3 is 2.26 bits per heavy atom. The van der Waals surface area contributed by atoms with Crippen LogP contribution in [0.4, 0.5) is 13.2 Å². The van der Waals surface area contributed by atoms with Crippen LogP contribution in [-0.2, 0) is 6.18 Å². The standard InChI is InChI=1S/C12H13F3N2.C2H6/c1-6(2)10-8-5-16-17-9(8)4-7(3)11(10)12(13,14)15;1-2/h4-6H,1-3H3,(H,16,17);1-2H3. The molecule has 2 nitrogen and oxygen atoms in total. The Kier molecular flexibility index (Phi) is 4.61. The molecule has 1 heterocycles. The first-order chi connectivity index (χ1) is 8.82. The summed E-state index contributed by atoms with van der Waals surface area (Å²) in [6.45, 7) is 9.00. The van der Waals surface area contributed by atoms with Gasteiger partial charge in [0.25, 0.3) is 0 Å². The summed E-state index contributed by atoms with van der Waals surface area (Å²) in [6.07, 6.45) is -2.87. The minimum Gasteiger partial charge on any atom is -0.278 e. The summed E-state index contributed by atoms with van der Waals surface area (Å²) < 4.78 is 39.2. The van der Waals surface area contributed by atoms with Crippen molar-refractivity contribution < 1.29 is 13.2 Å². The highest BCUT2D eigenvalue weighted by Gasteiger charge is 2.36. The predicted molar refractivity (Wildman–Crippen MR) is 71.3 cm³/mol. The first-order valence-electron chi connectivity index (χ1n) is 6.36. The largest absolute Gasteiger partial charge is 0.416 e. The summed E-state index contributed by atoms with van der Waals surface area (Å²) in [5.41, 5.74) is 0.680. The second-order valence-corrected chi connectivity index (χ2v) is 4.47. The normalized spacial score (nSPS) is 11.6. The lowest BCUT2D eigenvalue weighted by Gasteiger charge is -2.19. The molecule has 2 aromatic rings. The average molecular weight is 272 g/mol. The molecule has 0 amide bonds. The molecule has 106 valence electrons. The number of nitrogens with zero attached hydrogens (tertiary/aromatic N) is 1. The van der Waals surface area contributed by atoms with Crippen molar-refractivity contribution in [2.45, 2.75) is 46.7 Å². The zero-order valence-corrected chi connectivity index (χ0v) is 11.8. The number of halogens is 3. The number of fused-ring (bicyclic) bond motifs is 1. The Hall–Kier alpha value is -1.52. The molecule has 1 aromatic heterocycles. The SMILES string of the molecule is CC.Cc1cc2[nH]ncc2c(C(C)C)c1C(F)(F)F. The van der Waals surface area contributed by atoms with E-state index in [-0.39, 0.29) is 11.5 Å². The van der Waals surface area contributed by atoms with E-state index in [1.54, 1.807) is 13.8 Å². The molecule has 0 aliphatic heterocycles. The van der Waals surface area contributed by atoms with E-state index in [4.69, 9.17) is 0 Å². The van der Waals surface area contributed by atoms with E-state index in [1.807, 2.05) is 13.8 Å². The molecule has 0 saturated heterocycles. The summed E-state index contributed by atoms with van der Waals surface area (Å²) in [5, 5.41) is 7.09. The van der Waals surface area contributed by atoms with E-state index in [9.17, 15) is 13.2 Å². The van der Waals surface area contributed by atoms with Crippen molar-refractivity contribution in [3.8, 4) is 0 Å². The van der Waals surface area contributed by atoms with Crippen molar-refractivity contribution in [1.82, 2.24) is 10.2 Å². The molecule has 0 saturated carbocycles. The van der Waals surface area contributed by atoms with Gasteiger partial charge in [0.05, 0.1) is 17.3 Å². The maximum atomic E-state index is 13.1. The van der Waals surface area contributed by atoms with Gasteiger partial charge in [-0.15, -0.1) is 0 Å². The van der Waals surface area contributed by atoms with Crippen LogP contribution in [0.25, 0.3) is 10.9 Å². The van der Waals surface area contributed by atoms with Crippen molar-refractivity contribution in [3.05, 3.63) is 29.0 Å². The number of H-pyrrole nitrogens is 1. The third-order valence-electron chi connectivity index (χ3n) is 2.84. The van der Waals surface area contributed by atoms with Gasteiger partial charge in [0.2, 0.25) is 0 Å². The van der Waals surface area contributed by atoms with Gasteiger partial charge in [-0.1, -0.05) is 27.7 Å². The van der Waals surface area contributed by atoms with Gasteiger partial charge in [0.15, 0.2) is 0 Å². The third kappa shape index (κ3) is 2.91. The monoisotopic (exact) mass is 272 g/mol. The lowest BCUT2D eigenvalue weighted by molar-refractivity contribution is -0.138. The summed E-state index contributed by atoms with van der Waals surface area (Å²) in [4.78, 5) is 0. The quantitative estimate of drug-likeness (QED) is 0.774. The van der Waals surface area contributed by atoms with Gasteiger partial charge in [-0.3, -0.25) is 5.10 Å². The van der Waals surface area contributed by atoms with Gasteiger partial charge in [0.1, 0.15) is 0 Å². The minimum atomic E-state index is -4.32. The molecular weight excluding hydrogens is 253 g/mol. The zero-order valence-electron chi connectivity index (χ0n) is 11.8. The fraction of sp³-hybridized carbons (Fsp3) is 0.500. The number of aromatic nitrogens is 2. The number of rotatable bonds is 1. The van der Waals surface area contributed by atoms with Gasteiger partial charge < -0.3 is 0 Å². The fourth-order valence-electron chi connectivity index (χ4n) is 2.23. The molecule has 2 rings (SSSR count). The predicted octanol–water partition coefficient (Wildman–Crippen LogP) is 5.04. The van der Waals surface area contributed by atoms with Crippen LogP contribution in [0, 0.1) is 6.92 Å². The second kappa shape index (κ2) is 5.63. The number of hydrogen-bond acceptors (Lipinski definition) is 1. The van der Waals surface area contributed by atoms with E-state index < -0.39 is 11.7 Å². The van der Waals surface area contributed by atoms with E-state index in [1.165, 1.54) is 19.2 Å². The van der Waals surface area contributed by atoms with Crippen molar-refractivity contribution in [2.75, 3.05) is 0 Å². The van der Waals surface area contributed by atoms with E-state index in [0.29, 0.717) is 16.5 Å². The third-order valence-corrected chi connectivity index (χ3v) is 2.84. The maximum Gasteiger partial charge on any atom is 0.416 e. The Bertz CT molecular complexity index is 554. The molecule has 0 radical (unpaired) electrons. The van der Waals surface area contributed by atoms with Gasteiger partial charge >= 0.3 is 6.18 Å². The molecule has 1 N–H and O–H groups in total. The molecule has 0 aliphatic rings. The molecule has 0 spiro atoms. The van der Waals surface area contributed by atoms with Crippen LogP contribution in [0.3, 0.4) is 0 Å². The number of alkyl halides is 3. The molecule has 0 fully saturated rings. The van der Waals surface area contributed by atoms with E-state index >= 15 is 0 Å². The smallest absolute Gasteiger partial charge is 0.278 e. The average Bonchev–Trinajstić information content (AvgIpc) is 2.75. The van der Waals surface area contributed by atoms with Crippen LogP contribution in [0.15, 0.2) is 12.3 Å². The molecule has 1 aromatic carbocycles. The van der Waals surface area contributed by atoms with Crippen LogP contribution in [0.5, 0.6) is 0 Å². The first kappa shape index (κ1) is 15.5. The van der Waals surface area contributed by atoms with Gasteiger partial charge in [-0.05, 0) is 30.0 Å².